The first kappa shape index (κ1) is 14.1. The summed E-state index contributed by atoms with van der Waals surface area (Å²) in [6.07, 6.45) is -4.71. The minimum atomic E-state index is -4.71. The zero-order valence-corrected chi connectivity index (χ0v) is 9.75. The molecule has 0 saturated carbocycles. The number of carbonyl (C=O) groups is 1. The summed E-state index contributed by atoms with van der Waals surface area (Å²) >= 11 is 0. The minimum Gasteiger partial charge on any atom is -0.467 e. The van der Waals surface area contributed by atoms with E-state index >= 15 is 0 Å². The maximum Gasteiger partial charge on any atom is 0.573 e. The molecule has 0 aliphatic heterocycles. The van der Waals surface area contributed by atoms with Gasteiger partial charge in [-0.3, -0.25) is 0 Å². The molecular weight excluding hydrogens is 251 g/mol. The second kappa shape index (κ2) is 5.61. The number of halogens is 3. The highest BCUT2D eigenvalue weighted by Gasteiger charge is 2.30. The van der Waals surface area contributed by atoms with Crippen molar-refractivity contribution in [2.45, 2.75) is 19.3 Å². The Morgan fingerprint density at radius 2 is 1.83 bits per heavy atom. The van der Waals surface area contributed by atoms with E-state index in [0.717, 1.165) is 12.1 Å². The third-order valence-corrected chi connectivity index (χ3v) is 2.03. The topological polar surface area (TPSA) is 47.6 Å². The highest BCUT2D eigenvalue weighted by atomic mass is 19.4. The van der Waals surface area contributed by atoms with E-state index < -0.39 is 18.4 Å². The Kier molecular flexibility index (Phi) is 4.41. The molecule has 0 saturated heterocycles. The van der Waals surface area contributed by atoms with Gasteiger partial charge >= 0.3 is 12.3 Å². The molecule has 1 aromatic rings. The summed E-state index contributed by atoms with van der Waals surface area (Å²) in [6.45, 7) is 1.58. The fraction of sp³-hybridized carbons (Fsp3) is 0.364. The smallest absolute Gasteiger partial charge is 0.467 e. The number of carbonyl (C=O) groups excluding carboxylic acids is 1. The van der Waals surface area contributed by atoms with Crippen molar-refractivity contribution in [2.75, 3.05) is 12.4 Å². The normalized spacial score (nSPS) is 12.7. The second-order valence-electron chi connectivity index (χ2n) is 3.46. The van der Waals surface area contributed by atoms with Crippen LogP contribution in [0, 0.1) is 0 Å². The molecule has 18 heavy (non-hydrogen) atoms. The average Bonchev–Trinajstić information content (AvgIpc) is 2.28. The molecule has 100 valence electrons. The molecule has 0 heterocycles. The van der Waals surface area contributed by atoms with Crippen LogP contribution in [0.2, 0.25) is 0 Å². The lowest BCUT2D eigenvalue weighted by Crippen LogP contribution is -2.27. The Morgan fingerprint density at radius 3 is 2.28 bits per heavy atom. The maximum atomic E-state index is 11.9. The summed E-state index contributed by atoms with van der Waals surface area (Å²) in [5.74, 6) is -0.788. The number of ether oxygens (including phenoxy) is 2. The Morgan fingerprint density at radius 1 is 1.28 bits per heavy atom. The van der Waals surface area contributed by atoms with E-state index in [1.165, 1.54) is 19.2 Å². The first-order chi connectivity index (χ1) is 8.31. The summed E-state index contributed by atoms with van der Waals surface area (Å²) in [5, 5.41) is 2.77. The number of rotatable bonds is 4. The summed E-state index contributed by atoms with van der Waals surface area (Å²) in [5.41, 5.74) is 0.488. The molecule has 4 nitrogen and oxygen atoms in total. The monoisotopic (exact) mass is 263 g/mol. The molecule has 0 aliphatic carbocycles. The number of esters is 1. The standard InChI is InChI=1S/C11H12F3NO3/c1-7(10(16)17-2)15-8-3-5-9(6-4-8)18-11(12,13)14/h3-7,15H,1-2H3. The predicted octanol–water partition coefficient (Wildman–Crippen LogP) is 2.56. The SMILES string of the molecule is COC(=O)C(C)Nc1ccc(OC(F)(F)F)cc1. The average molecular weight is 263 g/mol. The zero-order valence-electron chi connectivity index (χ0n) is 9.75. The molecule has 1 aromatic carbocycles. The molecule has 0 fully saturated rings. The van der Waals surface area contributed by atoms with Crippen LogP contribution in [0.15, 0.2) is 24.3 Å². The zero-order chi connectivity index (χ0) is 13.8. The van der Waals surface area contributed by atoms with Gasteiger partial charge in [0.05, 0.1) is 7.11 Å². The molecule has 0 radical (unpaired) electrons. The quantitative estimate of drug-likeness (QED) is 0.848. The number of benzene rings is 1. The fourth-order valence-corrected chi connectivity index (χ4v) is 1.24. The van der Waals surface area contributed by atoms with Gasteiger partial charge in [-0.2, -0.15) is 0 Å². The molecule has 7 heteroatoms. The number of hydrogen-bond donors (Lipinski definition) is 1. The lowest BCUT2D eigenvalue weighted by atomic mass is 10.2. The van der Waals surface area contributed by atoms with Gasteiger partial charge in [0.2, 0.25) is 0 Å². The maximum absolute atomic E-state index is 11.9. The summed E-state index contributed by atoms with van der Waals surface area (Å²) in [6, 6.07) is 4.46. The predicted molar refractivity (Wildman–Crippen MR) is 58.2 cm³/mol. The first-order valence-electron chi connectivity index (χ1n) is 5.02. The van der Waals surface area contributed by atoms with Crippen LogP contribution in [-0.4, -0.2) is 25.5 Å². The van der Waals surface area contributed by atoms with E-state index in [1.54, 1.807) is 6.92 Å². The van der Waals surface area contributed by atoms with E-state index in [0.29, 0.717) is 5.69 Å². The van der Waals surface area contributed by atoms with Gasteiger partial charge in [-0.15, -0.1) is 13.2 Å². The van der Waals surface area contributed by atoms with Crippen LogP contribution in [-0.2, 0) is 9.53 Å². The van der Waals surface area contributed by atoms with Gasteiger partial charge in [0.1, 0.15) is 11.8 Å². The van der Waals surface area contributed by atoms with Gasteiger partial charge in [0.15, 0.2) is 0 Å². The molecular formula is C11H12F3NO3. The van der Waals surface area contributed by atoms with Crippen molar-refractivity contribution in [1.82, 2.24) is 0 Å². The summed E-state index contributed by atoms with van der Waals surface area (Å²) in [7, 11) is 1.25. The largest absolute Gasteiger partial charge is 0.573 e. The highest BCUT2D eigenvalue weighted by Crippen LogP contribution is 2.24. The number of alkyl halides is 3. The van der Waals surface area contributed by atoms with Crippen LogP contribution in [0.25, 0.3) is 0 Å². The van der Waals surface area contributed by atoms with Crippen molar-refractivity contribution in [2.24, 2.45) is 0 Å². The highest BCUT2D eigenvalue weighted by molar-refractivity contribution is 5.78. The number of hydrogen-bond acceptors (Lipinski definition) is 4. The first-order valence-corrected chi connectivity index (χ1v) is 5.02. The van der Waals surface area contributed by atoms with Crippen LogP contribution in [0.5, 0.6) is 5.75 Å². The van der Waals surface area contributed by atoms with Gasteiger partial charge in [0.25, 0.3) is 0 Å². The Balaban J connectivity index is 2.63. The van der Waals surface area contributed by atoms with Crippen LogP contribution in [0.1, 0.15) is 6.92 Å². The van der Waals surface area contributed by atoms with Crippen LogP contribution in [0.3, 0.4) is 0 Å². The van der Waals surface area contributed by atoms with Crippen molar-refractivity contribution >= 4 is 11.7 Å². The third kappa shape index (κ3) is 4.52. The van der Waals surface area contributed by atoms with Crippen LogP contribution in [0.4, 0.5) is 18.9 Å². The van der Waals surface area contributed by atoms with Gasteiger partial charge in [-0.25, -0.2) is 4.79 Å². The van der Waals surface area contributed by atoms with E-state index in [9.17, 15) is 18.0 Å². The van der Waals surface area contributed by atoms with Crippen molar-refractivity contribution in [3.05, 3.63) is 24.3 Å². The van der Waals surface area contributed by atoms with E-state index in [1.807, 2.05) is 0 Å². The Labute approximate surface area is 102 Å². The molecule has 0 spiro atoms. The van der Waals surface area contributed by atoms with E-state index in [-0.39, 0.29) is 5.75 Å². The summed E-state index contributed by atoms with van der Waals surface area (Å²) in [4.78, 5) is 11.1. The second-order valence-corrected chi connectivity index (χ2v) is 3.46. The molecule has 1 unspecified atom stereocenters. The molecule has 1 rings (SSSR count). The molecule has 0 amide bonds. The summed E-state index contributed by atoms with van der Waals surface area (Å²) < 4.78 is 43.9. The van der Waals surface area contributed by atoms with Crippen LogP contribution >= 0.6 is 0 Å². The number of methoxy groups -OCH3 is 1. The van der Waals surface area contributed by atoms with Crippen LogP contribution < -0.4 is 10.1 Å². The molecule has 0 aromatic heterocycles. The van der Waals surface area contributed by atoms with E-state index in [4.69, 9.17) is 0 Å². The fourth-order valence-electron chi connectivity index (χ4n) is 1.24. The molecule has 1 N–H and O–H groups in total. The number of anilines is 1. The Bertz CT molecular complexity index is 403. The van der Waals surface area contributed by atoms with Gasteiger partial charge in [-0.05, 0) is 31.2 Å². The third-order valence-electron chi connectivity index (χ3n) is 2.03. The Hall–Kier alpha value is -1.92. The molecule has 0 aliphatic rings. The lowest BCUT2D eigenvalue weighted by Gasteiger charge is -2.13. The molecule has 1 atom stereocenters. The molecule has 0 bridgehead atoms. The van der Waals surface area contributed by atoms with Crippen molar-refractivity contribution in [3.8, 4) is 5.75 Å². The van der Waals surface area contributed by atoms with Crippen molar-refractivity contribution in [3.63, 3.8) is 0 Å². The van der Waals surface area contributed by atoms with E-state index in [2.05, 4.69) is 14.8 Å². The van der Waals surface area contributed by atoms with Crippen molar-refractivity contribution < 1.29 is 27.4 Å². The lowest BCUT2D eigenvalue weighted by molar-refractivity contribution is -0.274. The van der Waals surface area contributed by atoms with Gasteiger partial charge < -0.3 is 14.8 Å². The minimum absolute atomic E-state index is 0.321. The van der Waals surface area contributed by atoms with Crippen molar-refractivity contribution in [1.29, 1.82) is 0 Å². The van der Waals surface area contributed by atoms with Gasteiger partial charge in [-0.1, -0.05) is 0 Å². The number of nitrogens with one attached hydrogen (secondary N) is 1. The van der Waals surface area contributed by atoms with Gasteiger partial charge in [0, 0.05) is 5.69 Å².